The van der Waals surface area contributed by atoms with Gasteiger partial charge in [0.2, 0.25) is 0 Å². The molecule has 3 heteroatoms. The molecule has 15 heavy (non-hydrogen) atoms. The fourth-order valence-electron chi connectivity index (χ4n) is 2.94. The highest BCUT2D eigenvalue weighted by atomic mass is 16.5. The SMILES string of the molecule is C1COCC2(C1)OCCNC2CC1CC1. The van der Waals surface area contributed by atoms with Crippen LogP contribution in [0.25, 0.3) is 0 Å². The molecule has 86 valence electrons. The maximum absolute atomic E-state index is 6.06. The van der Waals surface area contributed by atoms with Crippen molar-refractivity contribution in [1.82, 2.24) is 5.32 Å². The van der Waals surface area contributed by atoms with Gasteiger partial charge in [-0.1, -0.05) is 12.8 Å². The summed E-state index contributed by atoms with van der Waals surface area (Å²) in [5.74, 6) is 0.961. The van der Waals surface area contributed by atoms with Gasteiger partial charge in [-0.15, -0.1) is 0 Å². The summed E-state index contributed by atoms with van der Waals surface area (Å²) in [5.41, 5.74) is 0.0130. The minimum absolute atomic E-state index is 0.0130. The van der Waals surface area contributed by atoms with Crippen molar-refractivity contribution in [2.45, 2.75) is 43.7 Å². The van der Waals surface area contributed by atoms with E-state index in [0.717, 1.165) is 38.7 Å². The Hall–Kier alpha value is -0.120. The molecule has 2 heterocycles. The smallest absolute Gasteiger partial charge is 0.107 e. The predicted octanol–water partition coefficient (Wildman–Crippen LogP) is 1.32. The summed E-state index contributed by atoms with van der Waals surface area (Å²) in [5, 5.41) is 3.65. The standard InChI is InChI=1S/C12H21NO2/c1-4-12(9-14-6-1)11(8-10-2-3-10)13-5-7-15-12/h10-11,13H,1-9H2. The van der Waals surface area contributed by atoms with Gasteiger partial charge in [0.05, 0.1) is 13.2 Å². The number of hydrogen-bond donors (Lipinski definition) is 1. The molecule has 0 amide bonds. The van der Waals surface area contributed by atoms with Gasteiger partial charge < -0.3 is 14.8 Å². The van der Waals surface area contributed by atoms with Gasteiger partial charge in [-0.05, 0) is 25.2 Å². The lowest BCUT2D eigenvalue weighted by Gasteiger charge is -2.46. The summed E-state index contributed by atoms with van der Waals surface area (Å²) in [6.07, 6.45) is 6.48. The van der Waals surface area contributed by atoms with Crippen molar-refractivity contribution in [2.75, 3.05) is 26.4 Å². The first-order valence-electron chi connectivity index (χ1n) is 6.34. The van der Waals surface area contributed by atoms with Gasteiger partial charge in [0.1, 0.15) is 5.60 Å². The van der Waals surface area contributed by atoms with Crippen LogP contribution in [-0.4, -0.2) is 38.0 Å². The molecule has 3 nitrogen and oxygen atoms in total. The van der Waals surface area contributed by atoms with E-state index in [1.807, 2.05) is 0 Å². The van der Waals surface area contributed by atoms with Crippen LogP contribution in [0.15, 0.2) is 0 Å². The average molecular weight is 211 g/mol. The summed E-state index contributed by atoms with van der Waals surface area (Å²) in [7, 11) is 0. The Morgan fingerprint density at radius 2 is 2.20 bits per heavy atom. The van der Waals surface area contributed by atoms with Crippen LogP contribution in [0.4, 0.5) is 0 Å². The molecule has 0 radical (unpaired) electrons. The molecular formula is C12H21NO2. The number of nitrogens with one attached hydrogen (secondary N) is 1. The van der Waals surface area contributed by atoms with Crippen LogP contribution in [0.5, 0.6) is 0 Å². The summed E-state index contributed by atoms with van der Waals surface area (Å²) in [6.45, 7) is 3.59. The Morgan fingerprint density at radius 1 is 1.27 bits per heavy atom. The Balaban J connectivity index is 1.69. The molecule has 2 atom stereocenters. The lowest BCUT2D eigenvalue weighted by molar-refractivity contribution is -0.165. The van der Waals surface area contributed by atoms with Crippen molar-refractivity contribution in [3.63, 3.8) is 0 Å². The zero-order chi connectivity index (χ0) is 10.1. The van der Waals surface area contributed by atoms with Crippen molar-refractivity contribution >= 4 is 0 Å². The minimum atomic E-state index is 0.0130. The lowest BCUT2D eigenvalue weighted by Crippen LogP contribution is -2.61. The third-order valence-corrected chi connectivity index (χ3v) is 4.02. The maximum atomic E-state index is 6.06. The Kier molecular flexibility index (Phi) is 2.71. The van der Waals surface area contributed by atoms with Crippen LogP contribution >= 0.6 is 0 Å². The molecule has 1 spiro atoms. The van der Waals surface area contributed by atoms with Crippen LogP contribution in [-0.2, 0) is 9.47 Å². The van der Waals surface area contributed by atoms with Gasteiger partial charge in [-0.2, -0.15) is 0 Å². The highest BCUT2D eigenvalue weighted by Gasteiger charge is 2.45. The fraction of sp³-hybridized carbons (Fsp3) is 1.00. The molecule has 1 saturated carbocycles. The molecule has 0 bridgehead atoms. The highest BCUT2D eigenvalue weighted by Crippen LogP contribution is 2.39. The number of ether oxygens (including phenoxy) is 2. The van der Waals surface area contributed by atoms with Crippen molar-refractivity contribution in [1.29, 1.82) is 0 Å². The zero-order valence-electron chi connectivity index (χ0n) is 9.34. The van der Waals surface area contributed by atoms with E-state index in [2.05, 4.69) is 5.32 Å². The van der Waals surface area contributed by atoms with Crippen LogP contribution in [0.1, 0.15) is 32.1 Å². The molecule has 2 aliphatic heterocycles. The Bertz CT molecular complexity index is 213. The second-order valence-corrected chi connectivity index (χ2v) is 5.26. The van der Waals surface area contributed by atoms with Gasteiger partial charge in [0.15, 0.2) is 0 Å². The topological polar surface area (TPSA) is 30.5 Å². The quantitative estimate of drug-likeness (QED) is 0.747. The summed E-state index contributed by atoms with van der Waals surface area (Å²) < 4.78 is 11.7. The van der Waals surface area contributed by atoms with E-state index in [1.54, 1.807) is 0 Å². The normalized spacial score (nSPS) is 42.0. The first-order chi connectivity index (χ1) is 7.39. The molecule has 3 rings (SSSR count). The molecule has 0 aromatic carbocycles. The molecule has 1 N–H and O–H groups in total. The number of hydrogen-bond acceptors (Lipinski definition) is 3. The molecular weight excluding hydrogens is 190 g/mol. The molecule has 0 aromatic heterocycles. The average Bonchev–Trinajstić information content (AvgIpc) is 3.07. The molecule has 3 aliphatic rings. The summed E-state index contributed by atoms with van der Waals surface area (Å²) in [4.78, 5) is 0. The van der Waals surface area contributed by atoms with Gasteiger partial charge >= 0.3 is 0 Å². The summed E-state index contributed by atoms with van der Waals surface area (Å²) in [6, 6.07) is 0.541. The first kappa shape index (κ1) is 10.1. The third kappa shape index (κ3) is 2.05. The number of rotatable bonds is 2. The van der Waals surface area contributed by atoms with Crippen molar-refractivity contribution in [3.05, 3.63) is 0 Å². The van der Waals surface area contributed by atoms with Crippen molar-refractivity contribution < 1.29 is 9.47 Å². The number of morpholine rings is 1. The molecule has 0 aromatic rings. The van der Waals surface area contributed by atoms with Gasteiger partial charge in [-0.3, -0.25) is 0 Å². The van der Waals surface area contributed by atoms with Crippen molar-refractivity contribution in [3.8, 4) is 0 Å². The van der Waals surface area contributed by atoms with E-state index in [4.69, 9.17) is 9.47 Å². The molecule has 2 saturated heterocycles. The minimum Gasteiger partial charge on any atom is -0.378 e. The summed E-state index contributed by atoms with van der Waals surface area (Å²) >= 11 is 0. The van der Waals surface area contributed by atoms with Gasteiger partial charge in [0.25, 0.3) is 0 Å². The van der Waals surface area contributed by atoms with E-state index < -0.39 is 0 Å². The van der Waals surface area contributed by atoms with E-state index in [-0.39, 0.29) is 5.60 Å². The van der Waals surface area contributed by atoms with E-state index in [9.17, 15) is 0 Å². The second kappa shape index (κ2) is 4.04. The second-order valence-electron chi connectivity index (χ2n) is 5.26. The molecule has 2 unspecified atom stereocenters. The van der Waals surface area contributed by atoms with Crippen LogP contribution in [0.3, 0.4) is 0 Å². The monoisotopic (exact) mass is 211 g/mol. The molecule has 1 aliphatic carbocycles. The van der Waals surface area contributed by atoms with E-state index in [0.29, 0.717) is 6.04 Å². The maximum Gasteiger partial charge on any atom is 0.107 e. The first-order valence-corrected chi connectivity index (χ1v) is 6.34. The Labute approximate surface area is 91.5 Å². The molecule has 3 fully saturated rings. The largest absolute Gasteiger partial charge is 0.378 e. The predicted molar refractivity (Wildman–Crippen MR) is 57.9 cm³/mol. The van der Waals surface area contributed by atoms with E-state index >= 15 is 0 Å². The third-order valence-electron chi connectivity index (χ3n) is 4.02. The van der Waals surface area contributed by atoms with Crippen LogP contribution < -0.4 is 5.32 Å². The van der Waals surface area contributed by atoms with E-state index in [1.165, 1.54) is 25.7 Å². The highest BCUT2D eigenvalue weighted by molar-refractivity contribution is 4.99. The van der Waals surface area contributed by atoms with Gasteiger partial charge in [-0.25, -0.2) is 0 Å². The van der Waals surface area contributed by atoms with Crippen LogP contribution in [0.2, 0.25) is 0 Å². The fourth-order valence-corrected chi connectivity index (χ4v) is 2.94. The van der Waals surface area contributed by atoms with Crippen LogP contribution in [0, 0.1) is 5.92 Å². The van der Waals surface area contributed by atoms with Crippen molar-refractivity contribution in [2.24, 2.45) is 5.92 Å². The Morgan fingerprint density at radius 3 is 2.93 bits per heavy atom. The zero-order valence-corrected chi connectivity index (χ0v) is 9.34. The van der Waals surface area contributed by atoms with Gasteiger partial charge in [0, 0.05) is 19.2 Å². The lowest BCUT2D eigenvalue weighted by atomic mass is 9.84.